The first kappa shape index (κ1) is 21.5. The van der Waals surface area contributed by atoms with Crippen molar-refractivity contribution in [2.75, 3.05) is 18.4 Å². The van der Waals surface area contributed by atoms with Gasteiger partial charge < -0.3 is 14.6 Å². The highest BCUT2D eigenvalue weighted by molar-refractivity contribution is 6.31. The highest BCUT2D eigenvalue weighted by Crippen LogP contribution is 2.28. The van der Waals surface area contributed by atoms with Gasteiger partial charge in [0.2, 0.25) is 0 Å². The molecule has 9 heteroatoms. The van der Waals surface area contributed by atoms with E-state index in [2.05, 4.69) is 27.4 Å². The number of hydrogen-bond donors (Lipinski definition) is 1. The number of carbonyl (C=O) groups excluding carboxylic acids is 1. The minimum Gasteiger partial charge on any atom is -0.424 e. The molecule has 33 heavy (non-hydrogen) atoms. The van der Waals surface area contributed by atoms with Gasteiger partial charge in [-0.05, 0) is 61.6 Å². The van der Waals surface area contributed by atoms with Gasteiger partial charge in [0.05, 0.1) is 29.7 Å². The number of aryl methyl sites for hydroxylation is 1. The van der Waals surface area contributed by atoms with Crippen LogP contribution in [0.4, 0.5) is 6.01 Å². The number of nitrogens with zero attached hydrogens (tertiary/aromatic N) is 5. The number of piperidine rings is 1. The molecule has 8 nitrogen and oxygen atoms in total. The van der Waals surface area contributed by atoms with E-state index < -0.39 is 0 Å². The van der Waals surface area contributed by atoms with Crippen molar-refractivity contribution >= 4 is 34.6 Å². The predicted molar refractivity (Wildman–Crippen MR) is 127 cm³/mol. The van der Waals surface area contributed by atoms with Crippen LogP contribution in [-0.2, 0) is 0 Å². The fourth-order valence-electron chi connectivity index (χ4n) is 4.46. The number of benzene rings is 2. The van der Waals surface area contributed by atoms with E-state index in [4.69, 9.17) is 16.0 Å². The van der Waals surface area contributed by atoms with Crippen molar-refractivity contribution in [3.05, 3.63) is 64.9 Å². The van der Waals surface area contributed by atoms with Crippen molar-refractivity contribution < 1.29 is 9.21 Å². The van der Waals surface area contributed by atoms with E-state index in [9.17, 15) is 4.79 Å². The number of rotatable bonds is 5. The van der Waals surface area contributed by atoms with Crippen LogP contribution in [0.1, 0.15) is 35.7 Å². The Morgan fingerprint density at radius 2 is 2.03 bits per heavy atom. The molecule has 1 aliphatic rings. The molecule has 5 rings (SSSR count). The second kappa shape index (κ2) is 8.86. The van der Waals surface area contributed by atoms with Gasteiger partial charge in [0.15, 0.2) is 5.58 Å². The maximum Gasteiger partial charge on any atom is 0.295 e. The Balaban J connectivity index is 1.40. The fourth-order valence-corrected chi connectivity index (χ4v) is 4.63. The molecule has 1 fully saturated rings. The van der Waals surface area contributed by atoms with Gasteiger partial charge >= 0.3 is 0 Å². The lowest BCUT2D eigenvalue weighted by Gasteiger charge is -2.40. The highest BCUT2D eigenvalue weighted by atomic mass is 35.5. The third-order valence-electron chi connectivity index (χ3n) is 6.21. The summed E-state index contributed by atoms with van der Waals surface area (Å²) in [6.45, 7) is 5.40. The van der Waals surface area contributed by atoms with Gasteiger partial charge in [0.25, 0.3) is 11.9 Å². The average Bonchev–Trinajstić information content (AvgIpc) is 3.47. The number of anilines is 1. The van der Waals surface area contributed by atoms with Gasteiger partial charge in [-0.1, -0.05) is 24.6 Å². The summed E-state index contributed by atoms with van der Waals surface area (Å²) in [6.07, 6.45) is 5.24. The molecule has 4 aromatic rings. The van der Waals surface area contributed by atoms with Gasteiger partial charge in [-0.15, -0.1) is 0 Å². The summed E-state index contributed by atoms with van der Waals surface area (Å²) in [7, 11) is 0. The molecule has 0 bridgehead atoms. The molecule has 0 unspecified atom stereocenters. The first-order chi connectivity index (χ1) is 16.0. The molecule has 170 valence electrons. The quantitative estimate of drug-likeness (QED) is 0.459. The minimum absolute atomic E-state index is 0.00964. The topological polar surface area (TPSA) is 89.1 Å². The molecule has 2 aromatic heterocycles. The molecular formula is C24H25ClN6O2. The normalized spacial score (nSPS) is 18.6. The van der Waals surface area contributed by atoms with Gasteiger partial charge in [-0.3, -0.25) is 4.79 Å². The molecule has 2 aromatic carbocycles. The first-order valence-corrected chi connectivity index (χ1v) is 11.5. The molecule has 0 saturated carbocycles. The standard InChI is InChI=1S/C24H25ClN6O2/c1-15-5-7-18(20(12-15)31-27-9-10-28-31)23(32)30-11-3-4-16(2)21(30)14-26-24-29-19-13-17(25)6-8-22(19)33-24/h5-10,12-13,16,21H,3-4,11,14H2,1-2H3,(H,26,29)/t16-,21-/m1/s1. The number of aromatic nitrogens is 4. The fraction of sp³-hybridized carbons (Fsp3) is 0.333. The lowest BCUT2D eigenvalue weighted by Crippen LogP contribution is -2.51. The van der Waals surface area contributed by atoms with Crippen molar-refractivity contribution in [3.8, 4) is 5.69 Å². The predicted octanol–water partition coefficient (Wildman–Crippen LogP) is 4.72. The van der Waals surface area contributed by atoms with Crippen LogP contribution >= 0.6 is 11.6 Å². The molecule has 0 radical (unpaired) electrons. The number of nitrogens with one attached hydrogen (secondary N) is 1. The molecule has 0 aliphatic carbocycles. The number of fused-ring (bicyclic) bond motifs is 1. The van der Waals surface area contributed by atoms with E-state index in [0.717, 1.165) is 18.4 Å². The molecule has 2 atom stereocenters. The van der Waals surface area contributed by atoms with Gasteiger partial charge in [0, 0.05) is 18.1 Å². The lowest BCUT2D eigenvalue weighted by atomic mass is 9.90. The molecule has 1 N–H and O–H groups in total. The number of amides is 1. The van der Waals surface area contributed by atoms with Gasteiger partial charge in [-0.2, -0.15) is 20.0 Å². The smallest absolute Gasteiger partial charge is 0.295 e. The summed E-state index contributed by atoms with van der Waals surface area (Å²) in [6, 6.07) is 11.5. The SMILES string of the molecule is Cc1ccc(C(=O)N2CCC[C@@H](C)[C@H]2CNc2nc3cc(Cl)ccc3o2)c(-n2nccn2)c1. The monoisotopic (exact) mass is 464 g/mol. The van der Waals surface area contributed by atoms with Crippen molar-refractivity contribution in [3.63, 3.8) is 0 Å². The van der Waals surface area contributed by atoms with Crippen LogP contribution in [0, 0.1) is 12.8 Å². The Hall–Kier alpha value is -3.39. The van der Waals surface area contributed by atoms with Crippen LogP contribution in [0.25, 0.3) is 16.8 Å². The van der Waals surface area contributed by atoms with Crippen molar-refractivity contribution in [1.29, 1.82) is 0 Å². The van der Waals surface area contributed by atoms with Crippen LogP contribution in [0.3, 0.4) is 0 Å². The van der Waals surface area contributed by atoms with E-state index in [-0.39, 0.29) is 11.9 Å². The molecule has 1 amide bonds. The van der Waals surface area contributed by atoms with E-state index in [1.807, 2.05) is 30.0 Å². The first-order valence-electron chi connectivity index (χ1n) is 11.1. The number of likely N-dealkylation sites (tertiary alicyclic amines) is 1. The molecular weight excluding hydrogens is 440 g/mol. The van der Waals surface area contributed by atoms with Crippen LogP contribution < -0.4 is 5.32 Å². The Morgan fingerprint density at radius 1 is 1.21 bits per heavy atom. The van der Waals surface area contributed by atoms with Crippen LogP contribution in [0.2, 0.25) is 5.02 Å². The number of oxazole rings is 1. The van der Waals surface area contributed by atoms with Crippen LogP contribution in [0.5, 0.6) is 0 Å². The Morgan fingerprint density at radius 3 is 2.85 bits per heavy atom. The summed E-state index contributed by atoms with van der Waals surface area (Å²) in [5, 5.41) is 12.4. The summed E-state index contributed by atoms with van der Waals surface area (Å²) in [4.78, 5) is 21.7. The third kappa shape index (κ3) is 4.30. The second-order valence-electron chi connectivity index (χ2n) is 8.54. The van der Waals surface area contributed by atoms with E-state index in [1.165, 1.54) is 4.80 Å². The zero-order valence-corrected chi connectivity index (χ0v) is 19.3. The molecule has 3 heterocycles. The van der Waals surface area contributed by atoms with E-state index >= 15 is 0 Å². The zero-order chi connectivity index (χ0) is 22.9. The van der Waals surface area contributed by atoms with E-state index in [0.29, 0.717) is 52.4 Å². The summed E-state index contributed by atoms with van der Waals surface area (Å²) >= 11 is 6.06. The van der Waals surface area contributed by atoms with Gasteiger partial charge in [0.1, 0.15) is 5.52 Å². The van der Waals surface area contributed by atoms with E-state index in [1.54, 1.807) is 30.6 Å². The van der Waals surface area contributed by atoms with Crippen LogP contribution in [-0.4, -0.2) is 49.9 Å². The highest BCUT2D eigenvalue weighted by Gasteiger charge is 2.33. The second-order valence-corrected chi connectivity index (χ2v) is 8.97. The Labute approximate surface area is 196 Å². The number of carbonyl (C=O) groups is 1. The maximum absolute atomic E-state index is 13.7. The summed E-state index contributed by atoms with van der Waals surface area (Å²) in [5.74, 6) is 0.302. The van der Waals surface area contributed by atoms with Crippen LogP contribution in [0.15, 0.2) is 53.2 Å². The average molecular weight is 465 g/mol. The summed E-state index contributed by atoms with van der Waals surface area (Å²) < 4.78 is 5.81. The molecule has 1 aliphatic heterocycles. The van der Waals surface area contributed by atoms with Gasteiger partial charge in [-0.25, -0.2) is 0 Å². The van der Waals surface area contributed by atoms with Crippen molar-refractivity contribution in [1.82, 2.24) is 24.9 Å². The maximum atomic E-state index is 13.7. The van der Waals surface area contributed by atoms with Crippen molar-refractivity contribution in [2.45, 2.75) is 32.7 Å². The summed E-state index contributed by atoms with van der Waals surface area (Å²) in [5.41, 5.74) is 3.69. The Kier molecular flexibility index (Phi) is 5.76. The zero-order valence-electron chi connectivity index (χ0n) is 18.5. The third-order valence-corrected chi connectivity index (χ3v) is 6.44. The molecule has 1 saturated heterocycles. The largest absolute Gasteiger partial charge is 0.424 e. The molecule has 0 spiro atoms. The van der Waals surface area contributed by atoms with Crippen molar-refractivity contribution in [2.24, 2.45) is 5.92 Å². The number of hydrogen-bond acceptors (Lipinski definition) is 6. The minimum atomic E-state index is -0.0232. The lowest BCUT2D eigenvalue weighted by molar-refractivity contribution is 0.0539. The Bertz CT molecular complexity index is 1290. The number of halogens is 1.